The summed E-state index contributed by atoms with van der Waals surface area (Å²) in [5.41, 5.74) is 0. The first-order chi connectivity index (χ1) is 14.4. The van der Waals surface area contributed by atoms with Gasteiger partial charge in [-0.05, 0) is 12.8 Å². The normalized spacial score (nSPS) is 16.2. The summed E-state index contributed by atoms with van der Waals surface area (Å²) in [6, 6.07) is 0.440. The Hall–Kier alpha value is -0.530. The van der Waals surface area contributed by atoms with Crippen molar-refractivity contribution in [2.45, 2.75) is 161 Å². The van der Waals surface area contributed by atoms with E-state index in [-0.39, 0.29) is 0 Å². The van der Waals surface area contributed by atoms with Crippen molar-refractivity contribution in [3.63, 3.8) is 0 Å². The Labute approximate surface area is 183 Å². The van der Waals surface area contributed by atoms with Gasteiger partial charge >= 0.3 is 0 Å². The highest BCUT2D eigenvalue weighted by molar-refractivity contribution is 5.77. The van der Waals surface area contributed by atoms with Gasteiger partial charge in [-0.3, -0.25) is 0 Å². The fourth-order valence-corrected chi connectivity index (χ4v) is 4.35. The van der Waals surface area contributed by atoms with E-state index in [2.05, 4.69) is 18.8 Å². The van der Waals surface area contributed by atoms with Gasteiger partial charge in [0.25, 0.3) is 0 Å². The van der Waals surface area contributed by atoms with Crippen LogP contribution in [0.3, 0.4) is 0 Å². The predicted octanol–water partition coefficient (Wildman–Crippen LogP) is 9.41. The second kappa shape index (κ2) is 20.7. The number of rotatable bonds is 22. The molecule has 1 rings (SSSR count). The Balaban J connectivity index is 1.67. The molecule has 0 aromatic heterocycles. The molecule has 0 N–H and O–H groups in total. The van der Waals surface area contributed by atoms with E-state index in [1.807, 2.05) is 0 Å². The van der Waals surface area contributed by atoms with Crippen molar-refractivity contribution in [1.29, 1.82) is 0 Å². The molecule has 0 fully saturated rings. The first kappa shape index (κ1) is 26.5. The van der Waals surface area contributed by atoms with E-state index in [4.69, 9.17) is 4.74 Å². The number of aliphatic imine (C=N–C) groups is 1. The second-order valence-electron chi connectivity index (χ2n) is 9.36. The van der Waals surface area contributed by atoms with Gasteiger partial charge in [0.1, 0.15) is 6.61 Å². The Morgan fingerprint density at radius 2 is 0.966 bits per heavy atom. The highest BCUT2D eigenvalue weighted by atomic mass is 16.5. The molecule has 0 amide bonds. The molecule has 0 bridgehead atoms. The molecule has 0 aromatic carbocycles. The van der Waals surface area contributed by atoms with Crippen LogP contribution < -0.4 is 0 Å². The van der Waals surface area contributed by atoms with Gasteiger partial charge in [-0.2, -0.15) is 0 Å². The van der Waals surface area contributed by atoms with Crippen LogP contribution in [-0.2, 0) is 4.74 Å². The number of unbranched alkanes of at least 4 members (excludes halogenated alkanes) is 19. The number of hydrogen-bond acceptors (Lipinski definition) is 2. The first-order valence-electron chi connectivity index (χ1n) is 13.6. The van der Waals surface area contributed by atoms with Crippen molar-refractivity contribution >= 4 is 5.90 Å². The summed E-state index contributed by atoms with van der Waals surface area (Å²) in [7, 11) is 0. The molecule has 1 unspecified atom stereocenters. The van der Waals surface area contributed by atoms with Crippen molar-refractivity contribution in [2.24, 2.45) is 4.99 Å². The van der Waals surface area contributed by atoms with Crippen LogP contribution in [0, 0.1) is 0 Å². The van der Waals surface area contributed by atoms with Crippen LogP contribution in [0.5, 0.6) is 0 Å². The largest absolute Gasteiger partial charge is 0.479 e. The molecule has 1 atom stereocenters. The first-order valence-corrected chi connectivity index (χ1v) is 13.6. The maximum Gasteiger partial charge on any atom is 0.183 e. The number of hydrogen-bond donors (Lipinski definition) is 0. The topological polar surface area (TPSA) is 21.6 Å². The smallest absolute Gasteiger partial charge is 0.183 e. The minimum Gasteiger partial charge on any atom is -0.479 e. The highest BCUT2D eigenvalue weighted by Crippen LogP contribution is 2.16. The fraction of sp³-hybridized carbons (Fsp3) is 0.963. The highest BCUT2D eigenvalue weighted by Gasteiger charge is 2.15. The minimum absolute atomic E-state index is 0.440. The van der Waals surface area contributed by atoms with Gasteiger partial charge in [0.15, 0.2) is 5.90 Å². The molecule has 1 aliphatic rings. The third kappa shape index (κ3) is 16.9. The van der Waals surface area contributed by atoms with Crippen LogP contribution in [0.25, 0.3) is 0 Å². The molecular formula is C27H53NO. The van der Waals surface area contributed by atoms with E-state index in [1.165, 1.54) is 128 Å². The molecule has 0 radical (unpaired) electrons. The number of nitrogens with zero attached hydrogens (tertiary/aromatic N) is 1. The summed E-state index contributed by atoms with van der Waals surface area (Å²) in [5.74, 6) is 1.03. The van der Waals surface area contributed by atoms with Crippen molar-refractivity contribution in [3.8, 4) is 0 Å². The quantitative estimate of drug-likeness (QED) is 0.164. The summed E-state index contributed by atoms with van der Waals surface area (Å²) in [6.45, 7) is 5.32. The molecule has 0 aromatic rings. The van der Waals surface area contributed by atoms with Crippen LogP contribution in [0.4, 0.5) is 0 Å². The lowest BCUT2D eigenvalue weighted by Gasteiger charge is -2.04. The van der Waals surface area contributed by atoms with Gasteiger partial charge in [0.2, 0.25) is 0 Å². The lowest BCUT2D eigenvalue weighted by Crippen LogP contribution is -2.03. The zero-order valence-corrected chi connectivity index (χ0v) is 20.2. The average Bonchev–Trinajstić information content (AvgIpc) is 3.20. The molecule has 2 heteroatoms. The van der Waals surface area contributed by atoms with Crippen molar-refractivity contribution in [1.82, 2.24) is 0 Å². The van der Waals surface area contributed by atoms with E-state index in [0.717, 1.165) is 25.3 Å². The van der Waals surface area contributed by atoms with Gasteiger partial charge in [-0.1, -0.05) is 136 Å². The third-order valence-corrected chi connectivity index (χ3v) is 6.48. The van der Waals surface area contributed by atoms with Crippen LogP contribution in [-0.4, -0.2) is 18.5 Å². The van der Waals surface area contributed by atoms with Crippen LogP contribution in [0.15, 0.2) is 4.99 Å². The van der Waals surface area contributed by atoms with Gasteiger partial charge in [0, 0.05) is 6.42 Å². The fourth-order valence-electron chi connectivity index (χ4n) is 4.35. The van der Waals surface area contributed by atoms with E-state index in [9.17, 15) is 0 Å². The summed E-state index contributed by atoms with van der Waals surface area (Å²) >= 11 is 0. The van der Waals surface area contributed by atoms with Gasteiger partial charge in [0.05, 0.1) is 6.04 Å². The zero-order chi connectivity index (χ0) is 20.8. The number of ether oxygens (including phenoxy) is 1. The maximum atomic E-state index is 5.65. The Kier molecular flexibility index (Phi) is 18.9. The molecule has 1 heterocycles. The standard InChI is InChI=1S/C27H53NO/c1-3-5-6-7-8-9-10-11-12-13-14-15-16-17-18-19-20-21-22-23-24-27-28-26(4-2)25-29-27/h26H,3-25H2,1-2H3. The predicted molar refractivity (Wildman–Crippen MR) is 130 cm³/mol. The van der Waals surface area contributed by atoms with E-state index in [0.29, 0.717) is 6.04 Å². The molecule has 0 saturated heterocycles. The molecule has 0 saturated carbocycles. The van der Waals surface area contributed by atoms with Crippen molar-refractivity contribution in [2.75, 3.05) is 6.61 Å². The van der Waals surface area contributed by atoms with Crippen molar-refractivity contribution in [3.05, 3.63) is 0 Å². The molecule has 1 aliphatic heterocycles. The lowest BCUT2D eigenvalue weighted by atomic mass is 10.0. The summed E-state index contributed by atoms with van der Waals surface area (Å²) in [5, 5.41) is 0. The molecule has 0 aliphatic carbocycles. The zero-order valence-electron chi connectivity index (χ0n) is 20.2. The van der Waals surface area contributed by atoms with Gasteiger partial charge in [-0.15, -0.1) is 0 Å². The molecular weight excluding hydrogens is 354 g/mol. The Morgan fingerprint density at radius 1 is 0.586 bits per heavy atom. The molecule has 0 spiro atoms. The monoisotopic (exact) mass is 407 g/mol. The van der Waals surface area contributed by atoms with Crippen LogP contribution in [0.1, 0.15) is 155 Å². The van der Waals surface area contributed by atoms with E-state index < -0.39 is 0 Å². The Bertz CT molecular complexity index is 366. The van der Waals surface area contributed by atoms with Gasteiger partial charge in [-0.25, -0.2) is 4.99 Å². The second-order valence-corrected chi connectivity index (χ2v) is 9.36. The SMILES string of the molecule is CCCCCCCCCCCCCCCCCCCCCCC1=NC(CC)CO1. The maximum absolute atomic E-state index is 5.65. The van der Waals surface area contributed by atoms with Crippen LogP contribution >= 0.6 is 0 Å². The van der Waals surface area contributed by atoms with Crippen molar-refractivity contribution < 1.29 is 4.74 Å². The molecule has 2 nitrogen and oxygen atoms in total. The van der Waals surface area contributed by atoms with Gasteiger partial charge < -0.3 is 4.74 Å². The Morgan fingerprint density at radius 3 is 1.31 bits per heavy atom. The summed E-state index contributed by atoms with van der Waals surface area (Å²) in [4.78, 5) is 4.62. The van der Waals surface area contributed by atoms with Crippen LogP contribution in [0.2, 0.25) is 0 Å². The summed E-state index contributed by atoms with van der Waals surface area (Å²) in [6.07, 6.45) is 30.9. The lowest BCUT2D eigenvalue weighted by molar-refractivity contribution is 0.306. The summed E-state index contributed by atoms with van der Waals surface area (Å²) < 4.78 is 5.65. The average molecular weight is 408 g/mol. The molecule has 172 valence electrons. The van der Waals surface area contributed by atoms with E-state index in [1.54, 1.807) is 0 Å². The van der Waals surface area contributed by atoms with E-state index >= 15 is 0 Å². The third-order valence-electron chi connectivity index (χ3n) is 6.48. The molecule has 29 heavy (non-hydrogen) atoms. The minimum atomic E-state index is 0.440.